The zero-order chi connectivity index (χ0) is 25.9. The maximum absolute atomic E-state index is 13.4. The number of fused-ring (bicyclic) bond motifs is 1. The lowest BCUT2D eigenvalue weighted by atomic mass is 10.0. The molecule has 37 heavy (non-hydrogen) atoms. The topological polar surface area (TPSA) is 106 Å². The summed E-state index contributed by atoms with van der Waals surface area (Å²) in [5.41, 5.74) is 5.40. The van der Waals surface area contributed by atoms with Gasteiger partial charge in [0.1, 0.15) is 0 Å². The van der Waals surface area contributed by atoms with Crippen molar-refractivity contribution < 1.29 is 4.79 Å². The highest BCUT2D eigenvalue weighted by atomic mass is 16.2. The predicted octanol–water partition coefficient (Wildman–Crippen LogP) is 4.37. The number of amides is 1. The number of aromatic amines is 1. The number of nitrogens with zero attached hydrogens (tertiary/aromatic N) is 4. The smallest absolute Gasteiger partial charge is 0.258 e. The minimum atomic E-state index is -0.213. The molecule has 186 valence electrons. The molecule has 3 aliphatic rings. The van der Waals surface area contributed by atoms with Crippen LogP contribution >= 0.6 is 0 Å². The Morgan fingerprint density at radius 3 is 2.43 bits per heavy atom. The molecule has 0 unspecified atom stereocenters. The third-order valence-corrected chi connectivity index (χ3v) is 6.68. The fraction of sp³-hybridized carbons (Fsp3) is 0.207. The van der Waals surface area contributed by atoms with Crippen LogP contribution in [0.4, 0.5) is 11.4 Å². The number of carbonyl (C=O) groups is 1. The second-order valence-electron chi connectivity index (χ2n) is 9.11. The maximum Gasteiger partial charge on any atom is 0.258 e. The van der Waals surface area contributed by atoms with Gasteiger partial charge in [-0.05, 0) is 44.2 Å². The van der Waals surface area contributed by atoms with E-state index in [1.54, 1.807) is 44.4 Å². The summed E-state index contributed by atoms with van der Waals surface area (Å²) < 4.78 is 0. The molecule has 1 saturated heterocycles. The van der Waals surface area contributed by atoms with Crippen LogP contribution in [0.25, 0.3) is 11.3 Å². The van der Waals surface area contributed by atoms with Gasteiger partial charge >= 0.3 is 0 Å². The third kappa shape index (κ3) is 4.91. The van der Waals surface area contributed by atoms with Gasteiger partial charge in [-0.1, -0.05) is 30.3 Å². The summed E-state index contributed by atoms with van der Waals surface area (Å²) >= 11 is 0. The monoisotopic (exact) mass is 492 g/mol. The lowest BCUT2D eigenvalue weighted by molar-refractivity contribution is 0.0747. The fourth-order valence-electron chi connectivity index (χ4n) is 4.76. The number of carbonyl (C=O) groups excluding carboxylic acids is 1. The van der Waals surface area contributed by atoms with E-state index in [1.807, 2.05) is 47.4 Å². The number of aromatic nitrogens is 2. The number of hydrogen-bond donors (Lipinski definition) is 2. The number of rotatable bonds is 5. The van der Waals surface area contributed by atoms with Gasteiger partial charge in [0.15, 0.2) is 0 Å². The highest BCUT2D eigenvalue weighted by molar-refractivity contribution is 6.08. The summed E-state index contributed by atoms with van der Waals surface area (Å²) in [6, 6.07) is 18.6. The van der Waals surface area contributed by atoms with Gasteiger partial charge < -0.3 is 20.2 Å². The van der Waals surface area contributed by atoms with E-state index >= 15 is 0 Å². The molecule has 1 amide bonds. The van der Waals surface area contributed by atoms with Crippen LogP contribution in [0.2, 0.25) is 0 Å². The molecule has 2 aliphatic heterocycles. The zero-order valence-corrected chi connectivity index (χ0v) is 20.9. The number of aliphatic imine (C=N–C) groups is 1. The first-order valence-electron chi connectivity index (χ1n) is 12.2. The van der Waals surface area contributed by atoms with Crippen molar-refractivity contribution in [3.63, 3.8) is 0 Å². The molecular weight excluding hydrogens is 464 g/mol. The van der Waals surface area contributed by atoms with Crippen molar-refractivity contribution in [3.8, 4) is 11.3 Å². The Morgan fingerprint density at radius 2 is 1.70 bits per heavy atom. The zero-order valence-electron chi connectivity index (χ0n) is 20.9. The van der Waals surface area contributed by atoms with E-state index in [9.17, 15) is 9.59 Å². The Labute approximate surface area is 215 Å². The third-order valence-electron chi connectivity index (χ3n) is 6.68. The summed E-state index contributed by atoms with van der Waals surface area (Å²) in [4.78, 5) is 42.0. The second kappa shape index (κ2) is 10.2. The molecule has 1 fully saturated rings. The van der Waals surface area contributed by atoms with Gasteiger partial charge in [0.2, 0.25) is 0 Å². The number of pyridine rings is 1. The van der Waals surface area contributed by atoms with Crippen LogP contribution in [0.5, 0.6) is 0 Å². The number of piperazine rings is 1. The molecule has 0 radical (unpaired) electrons. The van der Waals surface area contributed by atoms with Gasteiger partial charge in [0.05, 0.1) is 17.0 Å². The van der Waals surface area contributed by atoms with Crippen molar-refractivity contribution in [2.24, 2.45) is 4.99 Å². The standard InChI is InChI=1S/C29H28N6O2/c1-19(30)23-9-8-21(29(37)35-16-14-34(15-17-35)22-10-12-31-13-11-22)18-26(23)32-20(2)27-24-6-4-3-5-7-25(24)33-28(27)36/h3-13,18,30H,14-17H2,1-2H3,(H,33,36). The average Bonchev–Trinajstić information content (AvgIpc) is 3.06. The minimum Gasteiger partial charge on any atom is -0.368 e. The Morgan fingerprint density at radius 1 is 0.973 bits per heavy atom. The largest absolute Gasteiger partial charge is 0.368 e. The Kier molecular flexibility index (Phi) is 6.64. The molecule has 8 nitrogen and oxygen atoms in total. The van der Waals surface area contributed by atoms with Gasteiger partial charge in [-0.25, -0.2) is 0 Å². The highest BCUT2D eigenvalue weighted by Gasteiger charge is 2.23. The molecule has 1 aromatic carbocycles. The van der Waals surface area contributed by atoms with Gasteiger partial charge in [0, 0.05) is 72.4 Å². The van der Waals surface area contributed by atoms with Crippen LogP contribution in [-0.2, 0) is 0 Å². The molecule has 0 saturated carbocycles. The summed E-state index contributed by atoms with van der Waals surface area (Å²) in [6.07, 6.45) is 3.55. The quantitative estimate of drug-likeness (QED) is 0.404. The first kappa shape index (κ1) is 24.1. The van der Waals surface area contributed by atoms with E-state index in [1.165, 1.54) is 0 Å². The normalized spacial score (nSPS) is 14.2. The van der Waals surface area contributed by atoms with Crippen molar-refractivity contribution >= 4 is 28.7 Å². The van der Waals surface area contributed by atoms with Crippen molar-refractivity contribution in [1.82, 2.24) is 14.9 Å². The van der Waals surface area contributed by atoms with Crippen molar-refractivity contribution in [3.05, 3.63) is 100 Å². The summed E-state index contributed by atoms with van der Waals surface area (Å²) in [5.74, 6) is -0.0682. The fourth-order valence-corrected chi connectivity index (χ4v) is 4.76. The molecule has 1 aromatic heterocycles. The minimum absolute atomic E-state index is 0.0682. The van der Waals surface area contributed by atoms with Gasteiger partial charge in [-0.2, -0.15) is 0 Å². The molecule has 2 N–H and O–H groups in total. The van der Waals surface area contributed by atoms with E-state index < -0.39 is 0 Å². The molecule has 3 heterocycles. The van der Waals surface area contributed by atoms with E-state index in [0.717, 1.165) is 30.0 Å². The first-order valence-corrected chi connectivity index (χ1v) is 12.2. The van der Waals surface area contributed by atoms with Gasteiger partial charge in [0.25, 0.3) is 11.5 Å². The van der Waals surface area contributed by atoms with Crippen LogP contribution in [-0.4, -0.2) is 58.4 Å². The van der Waals surface area contributed by atoms with Crippen LogP contribution in [0, 0.1) is 5.41 Å². The first-order chi connectivity index (χ1) is 17.9. The highest BCUT2D eigenvalue weighted by Crippen LogP contribution is 2.27. The van der Waals surface area contributed by atoms with Crippen LogP contribution < -0.4 is 10.5 Å². The van der Waals surface area contributed by atoms with Gasteiger partial charge in [-0.15, -0.1) is 0 Å². The number of anilines is 1. The number of nitrogens with one attached hydrogen (secondary N) is 2. The van der Waals surface area contributed by atoms with Gasteiger partial charge in [-0.3, -0.25) is 19.6 Å². The lowest BCUT2D eigenvalue weighted by Crippen LogP contribution is -2.48. The second-order valence-corrected chi connectivity index (χ2v) is 9.11. The summed E-state index contributed by atoms with van der Waals surface area (Å²) in [6.45, 7) is 6.16. The number of hydrogen-bond acceptors (Lipinski definition) is 6. The summed E-state index contributed by atoms with van der Waals surface area (Å²) in [7, 11) is 0. The van der Waals surface area contributed by atoms with Crippen LogP contribution in [0.3, 0.4) is 0 Å². The Balaban J connectivity index is 1.43. The molecule has 0 atom stereocenters. The number of benzene rings is 1. The Hall–Kier alpha value is -4.59. The number of H-pyrrole nitrogens is 1. The van der Waals surface area contributed by atoms with E-state index in [2.05, 4.69) is 14.9 Å². The lowest BCUT2D eigenvalue weighted by Gasteiger charge is -2.36. The van der Waals surface area contributed by atoms with Crippen molar-refractivity contribution in [1.29, 1.82) is 5.41 Å². The van der Waals surface area contributed by atoms with E-state index in [4.69, 9.17) is 10.4 Å². The molecule has 8 heteroatoms. The molecular formula is C29H28N6O2. The molecule has 0 spiro atoms. The molecule has 2 aromatic rings. The SMILES string of the molecule is CC(=N)c1ccc(C(=O)N2CCN(c3ccncc3)CC2)cc1N=C(C)c1c2cccccc-2[nH]c1=O. The maximum atomic E-state index is 13.4. The predicted molar refractivity (Wildman–Crippen MR) is 147 cm³/mol. The molecule has 5 rings (SSSR count). The van der Waals surface area contributed by atoms with Crippen molar-refractivity contribution in [2.75, 3.05) is 31.1 Å². The van der Waals surface area contributed by atoms with Crippen molar-refractivity contribution in [2.45, 2.75) is 13.8 Å². The summed E-state index contributed by atoms with van der Waals surface area (Å²) in [5, 5.41) is 8.23. The molecule has 0 bridgehead atoms. The van der Waals surface area contributed by atoms with Crippen LogP contribution in [0.15, 0.2) is 82.8 Å². The average molecular weight is 493 g/mol. The molecule has 1 aliphatic carbocycles. The van der Waals surface area contributed by atoms with Crippen LogP contribution in [0.1, 0.15) is 35.3 Å². The Bertz CT molecular complexity index is 1520. The van der Waals surface area contributed by atoms with E-state index in [-0.39, 0.29) is 11.5 Å². The van der Waals surface area contributed by atoms with E-state index in [0.29, 0.717) is 46.9 Å².